The van der Waals surface area contributed by atoms with E-state index in [1.807, 2.05) is 52.0 Å². The van der Waals surface area contributed by atoms with Crippen molar-refractivity contribution in [2.75, 3.05) is 19.8 Å². The highest BCUT2D eigenvalue weighted by Crippen LogP contribution is 2.46. The van der Waals surface area contributed by atoms with E-state index in [1.54, 1.807) is 5.06 Å². The molecular weight excluding hydrogens is 584 g/mol. The van der Waals surface area contributed by atoms with Crippen LogP contribution >= 0.6 is 0 Å². The van der Waals surface area contributed by atoms with Crippen molar-refractivity contribution in [3.05, 3.63) is 59.7 Å². The summed E-state index contributed by atoms with van der Waals surface area (Å²) >= 11 is 0. The molecule has 0 unspecified atom stereocenters. The molecule has 1 amide bonds. The number of rotatable bonds is 7. The van der Waals surface area contributed by atoms with Crippen molar-refractivity contribution in [3.8, 4) is 11.1 Å². The van der Waals surface area contributed by atoms with Crippen molar-refractivity contribution in [2.45, 2.75) is 102 Å². The number of esters is 1. The van der Waals surface area contributed by atoms with E-state index in [1.165, 1.54) is 6.92 Å². The third-order valence-corrected chi connectivity index (χ3v) is 8.90. The van der Waals surface area contributed by atoms with Crippen molar-refractivity contribution < 1.29 is 47.6 Å². The second-order valence-corrected chi connectivity index (χ2v) is 13.0. The molecule has 0 radical (unpaired) electrons. The number of alkyl carbamates (subject to hydrolysis) is 1. The van der Waals surface area contributed by atoms with Crippen LogP contribution in [0, 0.1) is 0 Å². The lowest BCUT2D eigenvalue weighted by molar-refractivity contribution is -0.312. The zero-order valence-corrected chi connectivity index (χ0v) is 26.1. The monoisotopic (exact) mass is 624 g/mol. The van der Waals surface area contributed by atoms with E-state index in [9.17, 15) is 9.59 Å². The number of carbonyl (C=O) groups excluding carboxylic acids is 2. The van der Waals surface area contributed by atoms with E-state index in [0.717, 1.165) is 22.3 Å². The predicted octanol–water partition coefficient (Wildman–Crippen LogP) is 3.82. The van der Waals surface area contributed by atoms with Gasteiger partial charge in [-0.1, -0.05) is 48.5 Å². The highest BCUT2D eigenvalue weighted by Gasteiger charge is 2.62. The fourth-order valence-electron chi connectivity index (χ4n) is 7.13. The SMILES string of the molecule is CC(=O)O[C@@H]1C[C@@H](CNC(=O)OCC2c3ccccc3-c3ccccc32)N([C@H]2O[C@H]([C@H]3COC(C)(C)O3)[C@@H]3OC(C)(C)O[C@@H]32)O1. The van der Waals surface area contributed by atoms with Crippen molar-refractivity contribution in [1.82, 2.24) is 10.4 Å². The number of carbonyl (C=O) groups is 2. The first-order chi connectivity index (χ1) is 21.5. The Kier molecular flexibility index (Phi) is 7.88. The van der Waals surface area contributed by atoms with Gasteiger partial charge in [0, 0.05) is 25.8 Å². The fourth-order valence-corrected chi connectivity index (χ4v) is 7.13. The van der Waals surface area contributed by atoms with Gasteiger partial charge in [-0.25, -0.2) is 4.79 Å². The van der Waals surface area contributed by atoms with Gasteiger partial charge in [-0.3, -0.25) is 9.63 Å². The average Bonchev–Trinajstić information content (AvgIpc) is 3.77. The highest BCUT2D eigenvalue weighted by atomic mass is 16.8. The maximum Gasteiger partial charge on any atom is 0.407 e. The predicted molar refractivity (Wildman–Crippen MR) is 157 cm³/mol. The zero-order valence-electron chi connectivity index (χ0n) is 26.1. The highest BCUT2D eigenvalue weighted by molar-refractivity contribution is 5.79. The summed E-state index contributed by atoms with van der Waals surface area (Å²) in [4.78, 5) is 31.0. The van der Waals surface area contributed by atoms with E-state index >= 15 is 0 Å². The van der Waals surface area contributed by atoms with Crippen LogP contribution in [0.4, 0.5) is 4.79 Å². The molecule has 45 heavy (non-hydrogen) atoms. The van der Waals surface area contributed by atoms with E-state index < -0.39 is 60.5 Å². The van der Waals surface area contributed by atoms with Gasteiger partial charge in [-0.2, -0.15) is 0 Å². The maximum absolute atomic E-state index is 13.0. The third kappa shape index (κ3) is 5.96. The van der Waals surface area contributed by atoms with Gasteiger partial charge in [-0.15, -0.1) is 5.06 Å². The average molecular weight is 625 g/mol. The molecule has 2 aromatic carbocycles. The van der Waals surface area contributed by atoms with Gasteiger partial charge in [0.25, 0.3) is 0 Å². The summed E-state index contributed by atoms with van der Waals surface area (Å²) < 4.78 is 42.2. The molecular formula is C33H40N2O10. The summed E-state index contributed by atoms with van der Waals surface area (Å²) in [7, 11) is 0. The van der Waals surface area contributed by atoms with E-state index in [0.29, 0.717) is 13.0 Å². The Morgan fingerprint density at radius 1 is 0.911 bits per heavy atom. The van der Waals surface area contributed by atoms with Crippen molar-refractivity contribution in [3.63, 3.8) is 0 Å². The molecule has 4 saturated heterocycles. The standard InChI is InChI=1S/C33H40N2O10/c1-18(36)40-26-14-19(15-34-31(37)38-16-24-22-12-8-6-10-20(22)21-11-7-9-13-23(21)24)35(45-26)30-29-28(43-33(4,5)44-29)27(41-30)25-17-39-32(2,3)42-25/h6-13,19,24-30H,14-17H2,1-5H3,(H,34,37)/t19-,25+,26-,27+,28-,29-,30-/m0/s1. The molecule has 12 nitrogen and oxygen atoms in total. The molecule has 0 aromatic heterocycles. The molecule has 1 N–H and O–H groups in total. The Labute approximate surface area is 262 Å². The van der Waals surface area contributed by atoms with E-state index in [-0.39, 0.29) is 25.2 Å². The van der Waals surface area contributed by atoms with Gasteiger partial charge in [0.2, 0.25) is 6.29 Å². The van der Waals surface area contributed by atoms with Crippen LogP contribution in [0.25, 0.3) is 11.1 Å². The maximum atomic E-state index is 13.0. The quantitative estimate of drug-likeness (QED) is 0.453. The summed E-state index contributed by atoms with van der Waals surface area (Å²) in [5, 5.41) is 4.49. The van der Waals surface area contributed by atoms with Crippen molar-refractivity contribution in [1.29, 1.82) is 0 Å². The Morgan fingerprint density at radius 2 is 1.58 bits per heavy atom. The van der Waals surface area contributed by atoms with Crippen molar-refractivity contribution >= 4 is 12.1 Å². The molecule has 4 heterocycles. The second kappa shape index (κ2) is 11.6. The molecule has 2 aromatic rings. The minimum absolute atomic E-state index is 0.0572. The molecule has 12 heteroatoms. The summed E-state index contributed by atoms with van der Waals surface area (Å²) in [6.45, 7) is 9.39. The van der Waals surface area contributed by atoms with Crippen LogP contribution in [0.5, 0.6) is 0 Å². The summed E-state index contributed by atoms with van der Waals surface area (Å²) in [6, 6.07) is 15.9. The number of hydroxylamine groups is 2. The molecule has 4 aliphatic heterocycles. The van der Waals surface area contributed by atoms with Gasteiger partial charge < -0.3 is 38.5 Å². The number of hydrogen-bond acceptors (Lipinski definition) is 11. The number of benzene rings is 2. The van der Waals surface area contributed by atoms with Gasteiger partial charge in [0.1, 0.15) is 31.0 Å². The first kappa shape index (κ1) is 30.5. The van der Waals surface area contributed by atoms with Crippen LogP contribution in [0.3, 0.4) is 0 Å². The minimum atomic E-state index is -0.866. The van der Waals surface area contributed by atoms with E-state index in [2.05, 4.69) is 29.6 Å². The smallest absolute Gasteiger partial charge is 0.407 e. The lowest BCUT2D eigenvalue weighted by Crippen LogP contribution is -2.49. The summed E-state index contributed by atoms with van der Waals surface area (Å²) in [5.74, 6) is -2.16. The summed E-state index contributed by atoms with van der Waals surface area (Å²) in [6.07, 6.45) is -3.75. The lowest BCUT2D eigenvalue weighted by atomic mass is 9.98. The van der Waals surface area contributed by atoms with Crippen LogP contribution < -0.4 is 5.32 Å². The Hall–Kier alpha value is -3.10. The molecule has 0 spiro atoms. The van der Waals surface area contributed by atoms with Crippen LogP contribution in [0.1, 0.15) is 58.1 Å². The number of amides is 1. The normalized spacial score (nSPS) is 33.0. The number of hydrogen-bond donors (Lipinski definition) is 1. The molecule has 0 saturated carbocycles. The van der Waals surface area contributed by atoms with Crippen molar-refractivity contribution in [2.24, 2.45) is 0 Å². The van der Waals surface area contributed by atoms with Crippen LogP contribution in [-0.2, 0) is 42.8 Å². The van der Waals surface area contributed by atoms with Crippen LogP contribution in [0.2, 0.25) is 0 Å². The first-order valence-corrected chi connectivity index (χ1v) is 15.5. The van der Waals surface area contributed by atoms with E-state index in [4.69, 9.17) is 38.0 Å². The minimum Gasteiger partial charge on any atom is -0.449 e. The molecule has 242 valence electrons. The number of nitrogens with zero attached hydrogens (tertiary/aromatic N) is 1. The Bertz CT molecular complexity index is 1400. The van der Waals surface area contributed by atoms with Gasteiger partial charge in [0.15, 0.2) is 17.8 Å². The fraction of sp³-hybridized carbons (Fsp3) is 0.576. The third-order valence-electron chi connectivity index (χ3n) is 8.90. The Morgan fingerprint density at radius 3 is 2.22 bits per heavy atom. The number of ether oxygens (including phenoxy) is 7. The topological polar surface area (TPSA) is 123 Å². The second-order valence-electron chi connectivity index (χ2n) is 13.0. The summed E-state index contributed by atoms with van der Waals surface area (Å²) in [5.41, 5.74) is 4.58. The molecule has 5 aliphatic rings. The number of nitrogens with one attached hydrogen (secondary N) is 1. The van der Waals surface area contributed by atoms with Crippen LogP contribution in [0.15, 0.2) is 48.5 Å². The zero-order chi connectivity index (χ0) is 31.5. The molecule has 0 bridgehead atoms. The molecule has 7 atom stereocenters. The lowest BCUT2D eigenvalue weighted by Gasteiger charge is -2.32. The first-order valence-electron chi connectivity index (χ1n) is 15.5. The largest absolute Gasteiger partial charge is 0.449 e. The van der Waals surface area contributed by atoms with Gasteiger partial charge in [-0.05, 0) is 49.9 Å². The molecule has 1 aliphatic carbocycles. The Balaban J connectivity index is 1.04. The molecule has 7 rings (SSSR count). The van der Waals surface area contributed by atoms with Gasteiger partial charge >= 0.3 is 12.1 Å². The molecule has 4 fully saturated rings. The van der Waals surface area contributed by atoms with Gasteiger partial charge in [0.05, 0.1) is 12.6 Å². The number of fused-ring (bicyclic) bond motifs is 4. The van der Waals surface area contributed by atoms with Crippen LogP contribution in [-0.4, -0.2) is 91.4 Å².